The second kappa shape index (κ2) is 10.4. The van der Waals surface area contributed by atoms with Gasteiger partial charge in [-0.1, -0.05) is 55.5 Å². The molecule has 3 aromatic carbocycles. The Morgan fingerprint density at radius 3 is 2.44 bits per heavy atom. The zero-order valence-electron chi connectivity index (χ0n) is 22.8. The number of ether oxygens (including phenoxy) is 1. The van der Waals surface area contributed by atoms with Gasteiger partial charge in [0.25, 0.3) is 0 Å². The van der Waals surface area contributed by atoms with Gasteiger partial charge in [0.2, 0.25) is 15.9 Å². The molecule has 206 valence electrons. The van der Waals surface area contributed by atoms with Crippen LogP contribution in [0.3, 0.4) is 0 Å². The molecule has 0 saturated heterocycles. The van der Waals surface area contributed by atoms with Crippen LogP contribution in [-0.4, -0.2) is 31.1 Å². The van der Waals surface area contributed by atoms with Crippen LogP contribution in [0.4, 0.5) is 0 Å². The average Bonchev–Trinajstić information content (AvgIpc) is 2.91. The molecule has 39 heavy (non-hydrogen) atoms. The first-order valence-corrected chi connectivity index (χ1v) is 15.0. The Morgan fingerprint density at radius 1 is 1.03 bits per heavy atom. The van der Waals surface area contributed by atoms with E-state index in [-0.39, 0.29) is 22.8 Å². The molecular weight excluding hydrogens is 512 g/mol. The molecule has 1 heterocycles. The summed E-state index contributed by atoms with van der Waals surface area (Å²) in [6, 6.07) is 19.5. The number of fused-ring (bicyclic) bond motifs is 2. The van der Waals surface area contributed by atoms with Crippen molar-refractivity contribution in [3.63, 3.8) is 0 Å². The number of amides is 1. The van der Waals surface area contributed by atoms with E-state index in [9.17, 15) is 18.3 Å². The third kappa shape index (κ3) is 5.33. The Morgan fingerprint density at radius 2 is 1.74 bits per heavy atom. The lowest BCUT2D eigenvalue weighted by Gasteiger charge is -2.43. The minimum atomic E-state index is -3.94. The highest BCUT2D eigenvalue weighted by molar-refractivity contribution is 7.89. The summed E-state index contributed by atoms with van der Waals surface area (Å²) in [4.78, 5) is 12.3. The van der Waals surface area contributed by atoms with Crippen molar-refractivity contribution in [3.8, 4) is 5.75 Å². The van der Waals surface area contributed by atoms with Crippen molar-refractivity contribution in [3.05, 3.63) is 94.5 Å². The molecule has 8 heteroatoms. The lowest BCUT2D eigenvalue weighted by Crippen LogP contribution is -2.53. The summed E-state index contributed by atoms with van der Waals surface area (Å²) in [7, 11) is -3.94. The molecule has 1 amide bonds. The predicted octanol–water partition coefficient (Wildman–Crippen LogP) is 4.71. The number of hydrogen-bond donors (Lipinski definition) is 3. The van der Waals surface area contributed by atoms with Crippen LogP contribution in [0.25, 0.3) is 0 Å². The summed E-state index contributed by atoms with van der Waals surface area (Å²) < 4.78 is 35.8. The molecule has 0 saturated carbocycles. The number of aliphatic hydroxyl groups excluding tert-OH is 1. The molecule has 3 aromatic rings. The molecule has 3 N–H and O–H groups in total. The van der Waals surface area contributed by atoms with Crippen LogP contribution in [0.5, 0.6) is 5.75 Å². The van der Waals surface area contributed by atoms with E-state index in [4.69, 9.17) is 4.74 Å². The monoisotopic (exact) mass is 548 g/mol. The lowest BCUT2D eigenvalue weighted by atomic mass is 9.75. The summed E-state index contributed by atoms with van der Waals surface area (Å²) >= 11 is 0. The molecule has 1 aliphatic heterocycles. The first-order valence-electron chi connectivity index (χ1n) is 13.5. The second-order valence-corrected chi connectivity index (χ2v) is 12.8. The molecule has 0 bridgehead atoms. The Bertz CT molecular complexity index is 1480. The van der Waals surface area contributed by atoms with E-state index in [1.54, 1.807) is 38.1 Å². The quantitative estimate of drug-likeness (QED) is 0.414. The molecule has 5 rings (SSSR count). The van der Waals surface area contributed by atoms with Crippen molar-refractivity contribution in [1.82, 2.24) is 10.0 Å². The third-order valence-corrected chi connectivity index (χ3v) is 9.46. The third-order valence-electron chi connectivity index (χ3n) is 8.00. The first-order chi connectivity index (χ1) is 18.5. The van der Waals surface area contributed by atoms with Crippen molar-refractivity contribution in [1.29, 1.82) is 0 Å². The van der Waals surface area contributed by atoms with Gasteiger partial charge < -0.3 is 15.2 Å². The molecule has 0 radical (unpaired) electrons. The molecule has 1 aliphatic carbocycles. The van der Waals surface area contributed by atoms with Crippen LogP contribution in [0, 0.1) is 0 Å². The highest BCUT2D eigenvalue weighted by atomic mass is 32.2. The fraction of sp³-hybridized carbons (Fsp3) is 0.387. The summed E-state index contributed by atoms with van der Waals surface area (Å²) in [6.07, 6.45) is 1.35. The van der Waals surface area contributed by atoms with Gasteiger partial charge in [0.05, 0.1) is 17.0 Å². The van der Waals surface area contributed by atoms with Crippen molar-refractivity contribution in [2.75, 3.05) is 0 Å². The zero-order chi connectivity index (χ0) is 27.9. The number of nitrogens with one attached hydrogen (secondary N) is 2. The van der Waals surface area contributed by atoms with Crippen LogP contribution in [-0.2, 0) is 27.7 Å². The molecule has 0 fully saturated rings. The number of benzene rings is 3. The minimum Gasteiger partial charge on any atom is -0.485 e. The normalized spacial score (nSPS) is 23.7. The van der Waals surface area contributed by atoms with Gasteiger partial charge in [-0.2, -0.15) is 0 Å². The second-order valence-electron chi connectivity index (χ2n) is 11.1. The highest BCUT2D eigenvalue weighted by Gasteiger charge is 2.45. The SMILES string of the molecule is CCc1ccc(S(=O)(=O)NC2c3cc(C4CCc5ccccc5C4NC(C)=O)ccc3OC(C)(C)C2O)cc1. The summed E-state index contributed by atoms with van der Waals surface area (Å²) in [5, 5.41) is 14.5. The Labute approximate surface area is 230 Å². The van der Waals surface area contributed by atoms with Crippen molar-refractivity contribution in [2.45, 2.75) is 81.6 Å². The van der Waals surface area contributed by atoms with E-state index in [0.717, 1.165) is 36.0 Å². The van der Waals surface area contributed by atoms with E-state index in [2.05, 4.69) is 22.2 Å². The summed E-state index contributed by atoms with van der Waals surface area (Å²) in [6.45, 7) is 7.02. The molecule has 0 aromatic heterocycles. The molecule has 4 unspecified atom stereocenters. The van der Waals surface area contributed by atoms with Gasteiger partial charge >= 0.3 is 0 Å². The van der Waals surface area contributed by atoms with Crippen LogP contribution < -0.4 is 14.8 Å². The first kappa shape index (κ1) is 27.4. The Hall–Kier alpha value is -3.20. The van der Waals surface area contributed by atoms with Crippen molar-refractivity contribution < 1.29 is 23.1 Å². The zero-order valence-corrected chi connectivity index (χ0v) is 23.6. The predicted molar refractivity (Wildman–Crippen MR) is 150 cm³/mol. The largest absolute Gasteiger partial charge is 0.485 e. The smallest absolute Gasteiger partial charge is 0.241 e. The van der Waals surface area contributed by atoms with Crippen LogP contribution in [0.2, 0.25) is 0 Å². The topological polar surface area (TPSA) is 105 Å². The number of aryl methyl sites for hydroxylation is 2. The highest BCUT2D eigenvalue weighted by Crippen LogP contribution is 2.45. The van der Waals surface area contributed by atoms with E-state index < -0.39 is 27.8 Å². The van der Waals surface area contributed by atoms with E-state index >= 15 is 0 Å². The van der Waals surface area contributed by atoms with Gasteiger partial charge in [0, 0.05) is 18.4 Å². The Balaban J connectivity index is 1.54. The summed E-state index contributed by atoms with van der Waals surface area (Å²) in [5.74, 6) is 0.385. The van der Waals surface area contributed by atoms with Gasteiger partial charge in [0.15, 0.2) is 0 Å². The van der Waals surface area contributed by atoms with Crippen molar-refractivity contribution >= 4 is 15.9 Å². The maximum absolute atomic E-state index is 13.5. The minimum absolute atomic E-state index is 0.0278. The lowest BCUT2D eigenvalue weighted by molar-refractivity contribution is -0.119. The van der Waals surface area contributed by atoms with Gasteiger partial charge in [-0.05, 0) is 73.6 Å². The Kier molecular flexibility index (Phi) is 7.31. The number of carbonyl (C=O) groups excluding carboxylic acids is 1. The van der Waals surface area contributed by atoms with E-state index in [1.807, 2.05) is 37.3 Å². The molecule has 7 nitrogen and oxygen atoms in total. The van der Waals surface area contributed by atoms with Crippen molar-refractivity contribution in [2.24, 2.45) is 0 Å². The molecule has 4 atom stereocenters. The van der Waals surface area contributed by atoms with Gasteiger partial charge in [-0.25, -0.2) is 13.1 Å². The van der Waals surface area contributed by atoms with Gasteiger partial charge in [-0.3, -0.25) is 4.79 Å². The maximum Gasteiger partial charge on any atom is 0.241 e. The van der Waals surface area contributed by atoms with E-state index in [1.165, 1.54) is 12.5 Å². The molecular formula is C31H36N2O5S. The number of rotatable bonds is 6. The number of hydrogen-bond acceptors (Lipinski definition) is 5. The molecule has 0 spiro atoms. The van der Waals surface area contributed by atoms with Gasteiger partial charge in [0.1, 0.15) is 17.5 Å². The van der Waals surface area contributed by atoms with Crippen LogP contribution >= 0.6 is 0 Å². The molecule has 2 aliphatic rings. The standard InChI is InChI=1S/C31H36N2O5S/c1-5-20-10-14-23(15-11-20)39(36,37)33-29-26-18-22(13-17-27(26)38-31(3,4)30(29)35)25-16-12-21-8-6-7-9-24(21)28(25)32-19(2)34/h6-11,13-15,17-18,25,28-30,33,35H,5,12,16H2,1-4H3,(H,32,34). The van der Waals surface area contributed by atoms with Crippen LogP contribution in [0.15, 0.2) is 71.6 Å². The fourth-order valence-electron chi connectivity index (χ4n) is 5.83. The van der Waals surface area contributed by atoms with Gasteiger partial charge in [-0.15, -0.1) is 0 Å². The number of aliphatic hydroxyl groups is 1. The summed E-state index contributed by atoms with van der Waals surface area (Å²) in [5.41, 5.74) is 3.86. The average molecular weight is 549 g/mol. The fourth-order valence-corrected chi connectivity index (χ4v) is 7.05. The number of carbonyl (C=O) groups is 1. The van der Waals surface area contributed by atoms with E-state index in [0.29, 0.717) is 11.3 Å². The van der Waals surface area contributed by atoms with Crippen LogP contribution in [0.1, 0.15) is 79.9 Å². The maximum atomic E-state index is 13.5. The number of sulfonamides is 1.